The second kappa shape index (κ2) is 11.6. The molecule has 0 amide bonds. The van der Waals surface area contributed by atoms with E-state index in [0.717, 1.165) is 46.3 Å². The molecule has 0 radical (unpaired) electrons. The van der Waals surface area contributed by atoms with E-state index in [1.165, 1.54) is 82.2 Å². The largest absolute Gasteiger partial charge is 0.438 e. The second-order valence-corrected chi connectivity index (χ2v) is 15.5. The molecule has 0 N–H and O–H groups in total. The minimum Gasteiger partial charge on any atom is -0.438 e. The number of furan rings is 1. The summed E-state index contributed by atoms with van der Waals surface area (Å²) in [6.07, 6.45) is 1.76. The molecule has 4 heterocycles. The molecule has 1 aliphatic rings. The number of fused-ring (bicyclic) bond motifs is 15. The lowest BCUT2D eigenvalue weighted by Gasteiger charge is -2.20. The molecular weight excluding hydrogens is 695 g/mol. The summed E-state index contributed by atoms with van der Waals surface area (Å²) in [4.78, 5) is 11.1. The maximum atomic E-state index is 6.66. The Morgan fingerprint density at radius 1 is 0.526 bits per heavy atom. The molecule has 266 valence electrons. The number of rotatable bonds is 3. The molecule has 0 aliphatic heterocycles. The van der Waals surface area contributed by atoms with Crippen molar-refractivity contribution < 1.29 is 4.42 Å². The van der Waals surface area contributed by atoms with E-state index in [1.54, 1.807) is 0 Å². The molecule has 1 aliphatic carbocycles. The molecule has 13 rings (SSSR count). The van der Waals surface area contributed by atoms with Crippen molar-refractivity contribution in [2.45, 2.75) is 18.8 Å². The normalized spacial score (nSPS) is 14.4. The average Bonchev–Trinajstić information content (AvgIpc) is 3.89. The van der Waals surface area contributed by atoms with Gasteiger partial charge in [-0.1, -0.05) is 146 Å². The van der Waals surface area contributed by atoms with E-state index < -0.39 is 0 Å². The zero-order valence-corrected chi connectivity index (χ0v) is 30.9. The monoisotopic (exact) mass is 727 g/mol. The zero-order valence-electron chi connectivity index (χ0n) is 30.9. The van der Waals surface area contributed by atoms with Crippen molar-refractivity contribution in [3.63, 3.8) is 0 Å². The van der Waals surface area contributed by atoms with Crippen LogP contribution in [0.25, 0.3) is 104 Å². The van der Waals surface area contributed by atoms with Gasteiger partial charge in [0.25, 0.3) is 0 Å². The maximum absolute atomic E-state index is 6.66. The number of hydrogen-bond donors (Lipinski definition) is 0. The van der Waals surface area contributed by atoms with Crippen molar-refractivity contribution in [2.24, 2.45) is 0 Å². The van der Waals surface area contributed by atoms with Gasteiger partial charge < -0.3 is 8.82 Å². The molecule has 0 saturated carbocycles. The van der Waals surface area contributed by atoms with Gasteiger partial charge in [0.15, 0.2) is 0 Å². The Morgan fingerprint density at radius 3 is 2.04 bits per heavy atom. The van der Waals surface area contributed by atoms with Crippen molar-refractivity contribution in [1.82, 2.24) is 14.4 Å². The molecule has 8 aromatic carbocycles. The van der Waals surface area contributed by atoms with E-state index in [9.17, 15) is 0 Å². The van der Waals surface area contributed by atoms with E-state index in [1.807, 2.05) is 12.1 Å². The fourth-order valence-electron chi connectivity index (χ4n) is 10.1. The number of aryl methyl sites for hydroxylation is 1. The predicted octanol–water partition coefficient (Wildman–Crippen LogP) is 13.8. The average molecular weight is 728 g/mol. The highest BCUT2D eigenvalue weighted by Gasteiger charge is 2.33. The summed E-state index contributed by atoms with van der Waals surface area (Å²) < 4.78 is 9.15. The van der Waals surface area contributed by atoms with E-state index in [4.69, 9.17) is 14.4 Å². The molecule has 57 heavy (non-hydrogen) atoms. The Hall–Kier alpha value is -7.30. The van der Waals surface area contributed by atoms with Crippen LogP contribution in [0.5, 0.6) is 0 Å². The fraction of sp³-hybridized carbons (Fsp3) is 0.0566. The first-order chi connectivity index (χ1) is 28.3. The summed E-state index contributed by atoms with van der Waals surface area (Å²) >= 11 is 0. The lowest BCUT2D eigenvalue weighted by molar-refractivity contribution is 0.634. The predicted molar refractivity (Wildman–Crippen MR) is 234 cm³/mol. The highest BCUT2D eigenvalue weighted by atomic mass is 16.3. The van der Waals surface area contributed by atoms with Gasteiger partial charge >= 0.3 is 0 Å². The number of nitrogens with zero attached hydrogens (tertiary/aromatic N) is 3. The van der Waals surface area contributed by atoms with Crippen LogP contribution >= 0.6 is 0 Å². The Kier molecular flexibility index (Phi) is 6.31. The SMILES string of the molecule is c1ccc(-c2ccc(-c3nc(C4CCc5ccc6ccccc6c5-c5cc6c7ccccc7n7c8ccccc8c(c54)c67)nc4oc5ccccc5c34)cc2)cc1. The molecule has 1 atom stereocenters. The molecular formula is C53H33N3O. The molecule has 4 heteroatoms. The van der Waals surface area contributed by atoms with Crippen LogP contribution in [0, 0.1) is 0 Å². The molecule has 1 unspecified atom stereocenters. The molecule has 4 aromatic heterocycles. The van der Waals surface area contributed by atoms with E-state index >= 15 is 0 Å². The quantitative estimate of drug-likeness (QED) is 0.182. The third-order valence-electron chi connectivity index (χ3n) is 12.6. The van der Waals surface area contributed by atoms with Crippen LogP contribution in [-0.2, 0) is 6.42 Å². The van der Waals surface area contributed by atoms with Crippen molar-refractivity contribution in [3.05, 3.63) is 187 Å². The van der Waals surface area contributed by atoms with Crippen LogP contribution in [0.3, 0.4) is 0 Å². The van der Waals surface area contributed by atoms with Crippen molar-refractivity contribution in [3.8, 4) is 33.5 Å². The minimum absolute atomic E-state index is 0.108. The third-order valence-corrected chi connectivity index (χ3v) is 12.6. The first-order valence-electron chi connectivity index (χ1n) is 19.8. The van der Waals surface area contributed by atoms with Crippen molar-refractivity contribution in [2.75, 3.05) is 0 Å². The van der Waals surface area contributed by atoms with E-state index in [2.05, 4.69) is 162 Å². The lowest BCUT2D eigenvalue weighted by atomic mass is 9.84. The number of aromatic nitrogens is 3. The summed E-state index contributed by atoms with van der Waals surface area (Å²) in [6, 6.07) is 61.4. The van der Waals surface area contributed by atoms with Crippen molar-refractivity contribution >= 4 is 70.9 Å². The Bertz CT molecular complexity index is 3580. The summed E-state index contributed by atoms with van der Waals surface area (Å²) in [5.74, 6) is 0.688. The summed E-state index contributed by atoms with van der Waals surface area (Å²) in [5, 5.41) is 9.62. The van der Waals surface area contributed by atoms with Gasteiger partial charge in [-0.05, 0) is 81.3 Å². The maximum Gasteiger partial charge on any atom is 0.231 e. The van der Waals surface area contributed by atoms with Gasteiger partial charge in [-0.15, -0.1) is 0 Å². The van der Waals surface area contributed by atoms with Gasteiger partial charge in [0.05, 0.1) is 27.6 Å². The second-order valence-electron chi connectivity index (χ2n) is 15.5. The van der Waals surface area contributed by atoms with Crippen LogP contribution in [0.2, 0.25) is 0 Å². The molecule has 4 nitrogen and oxygen atoms in total. The lowest BCUT2D eigenvalue weighted by Crippen LogP contribution is -2.09. The van der Waals surface area contributed by atoms with E-state index in [0.29, 0.717) is 5.71 Å². The zero-order chi connectivity index (χ0) is 37.2. The van der Waals surface area contributed by atoms with Crippen LogP contribution in [0.4, 0.5) is 0 Å². The first-order valence-corrected chi connectivity index (χ1v) is 19.8. The number of para-hydroxylation sites is 3. The first kappa shape index (κ1) is 31.0. The molecule has 12 aromatic rings. The molecule has 0 fully saturated rings. The Morgan fingerprint density at radius 2 is 1.19 bits per heavy atom. The summed E-state index contributed by atoms with van der Waals surface area (Å²) in [7, 11) is 0. The van der Waals surface area contributed by atoms with Crippen LogP contribution < -0.4 is 0 Å². The fourth-order valence-corrected chi connectivity index (χ4v) is 10.1. The van der Waals surface area contributed by atoms with Crippen LogP contribution in [-0.4, -0.2) is 14.4 Å². The van der Waals surface area contributed by atoms with Gasteiger partial charge in [0, 0.05) is 38.4 Å². The third kappa shape index (κ3) is 4.33. The Balaban J connectivity index is 1.15. The number of hydrogen-bond acceptors (Lipinski definition) is 3. The van der Waals surface area contributed by atoms with Gasteiger partial charge in [0.2, 0.25) is 5.71 Å². The minimum atomic E-state index is -0.108. The molecule has 0 saturated heterocycles. The number of benzene rings is 8. The smallest absolute Gasteiger partial charge is 0.231 e. The topological polar surface area (TPSA) is 43.3 Å². The standard InChI is InChI=1S/C53H33N3O/c1-2-12-31(13-3-1)32-22-26-35(27-23-32)50-49-39-18-8-11-21-45(39)57-53(49)55-52(54-50)40-29-28-34-25-24-33-14-4-5-15-36(33)46(34)42-30-41-37-16-6-9-19-43(37)56-44-20-10-7-17-38(44)48(47(40)42)51(41)56/h1-27,30,40H,28-29H2. The highest BCUT2D eigenvalue weighted by molar-refractivity contribution is 6.26. The highest BCUT2D eigenvalue weighted by Crippen LogP contribution is 2.52. The van der Waals surface area contributed by atoms with Crippen LogP contribution in [0.1, 0.15) is 29.3 Å². The molecule has 0 bridgehead atoms. The van der Waals surface area contributed by atoms with Crippen molar-refractivity contribution in [1.29, 1.82) is 0 Å². The van der Waals surface area contributed by atoms with Gasteiger partial charge in [-0.3, -0.25) is 0 Å². The van der Waals surface area contributed by atoms with Gasteiger partial charge in [0.1, 0.15) is 11.4 Å². The van der Waals surface area contributed by atoms with Gasteiger partial charge in [-0.25, -0.2) is 4.98 Å². The summed E-state index contributed by atoms with van der Waals surface area (Å²) in [6.45, 7) is 0. The summed E-state index contributed by atoms with van der Waals surface area (Å²) in [5.41, 5.74) is 14.7. The van der Waals surface area contributed by atoms with E-state index in [-0.39, 0.29) is 5.92 Å². The van der Waals surface area contributed by atoms with Gasteiger partial charge in [-0.2, -0.15) is 4.98 Å². The Labute approximate surface area is 327 Å². The molecule has 0 spiro atoms. The van der Waals surface area contributed by atoms with Crippen LogP contribution in [0.15, 0.2) is 174 Å².